The molecular formula is C22H21FN6O. The molecule has 0 saturated heterocycles. The number of rotatable bonds is 5. The molecule has 2 heterocycles. The molecule has 0 saturated carbocycles. The van der Waals surface area contributed by atoms with Crippen LogP contribution in [0.25, 0.3) is 16.6 Å². The molecule has 152 valence electrons. The topological polar surface area (TPSA) is 98.7 Å². The first-order chi connectivity index (χ1) is 14.5. The van der Waals surface area contributed by atoms with Crippen LogP contribution in [0.1, 0.15) is 30.8 Å². The maximum Gasteiger partial charge on any atom is 0.269 e. The molecule has 4 rings (SSSR count). The summed E-state index contributed by atoms with van der Waals surface area (Å²) in [7, 11) is 0. The average molecular weight is 404 g/mol. The number of aryl methyl sites for hydroxylation is 1. The van der Waals surface area contributed by atoms with Gasteiger partial charge in [-0.15, -0.1) is 0 Å². The van der Waals surface area contributed by atoms with E-state index in [0.29, 0.717) is 29.3 Å². The van der Waals surface area contributed by atoms with Gasteiger partial charge in [-0.25, -0.2) is 14.4 Å². The van der Waals surface area contributed by atoms with Gasteiger partial charge >= 0.3 is 0 Å². The third-order valence-corrected chi connectivity index (χ3v) is 4.91. The lowest BCUT2D eigenvalue weighted by Gasteiger charge is -2.23. The van der Waals surface area contributed by atoms with Crippen molar-refractivity contribution in [3.63, 3.8) is 0 Å². The highest BCUT2D eigenvalue weighted by atomic mass is 19.1. The molecule has 1 atom stereocenters. The van der Waals surface area contributed by atoms with Crippen LogP contribution in [0.3, 0.4) is 0 Å². The van der Waals surface area contributed by atoms with Crippen molar-refractivity contribution in [1.29, 1.82) is 0 Å². The fraction of sp³-hybridized carbons (Fsp3) is 0.182. The van der Waals surface area contributed by atoms with Gasteiger partial charge in [0.25, 0.3) is 5.56 Å². The minimum absolute atomic E-state index is 0.0394. The number of halogens is 1. The van der Waals surface area contributed by atoms with Gasteiger partial charge in [-0.3, -0.25) is 9.36 Å². The molecule has 0 aliphatic carbocycles. The zero-order chi connectivity index (χ0) is 21.3. The van der Waals surface area contributed by atoms with Crippen LogP contribution in [0.2, 0.25) is 0 Å². The van der Waals surface area contributed by atoms with Gasteiger partial charge in [0.15, 0.2) is 0 Å². The Labute approximate surface area is 172 Å². The second kappa shape index (κ2) is 7.90. The summed E-state index contributed by atoms with van der Waals surface area (Å²) in [5.74, 6) is 0.569. The highest BCUT2D eigenvalue weighted by Crippen LogP contribution is 2.25. The molecule has 0 spiro atoms. The number of nitrogens with one attached hydrogen (secondary N) is 1. The van der Waals surface area contributed by atoms with Crippen molar-refractivity contribution in [1.82, 2.24) is 19.5 Å². The van der Waals surface area contributed by atoms with Crippen molar-refractivity contribution in [2.75, 3.05) is 11.1 Å². The molecule has 0 amide bonds. The molecule has 30 heavy (non-hydrogen) atoms. The molecule has 2 aromatic heterocycles. The van der Waals surface area contributed by atoms with E-state index in [2.05, 4.69) is 20.3 Å². The Morgan fingerprint density at radius 1 is 1.13 bits per heavy atom. The third-order valence-electron chi connectivity index (χ3n) is 4.91. The van der Waals surface area contributed by atoms with Gasteiger partial charge < -0.3 is 11.1 Å². The first-order valence-electron chi connectivity index (χ1n) is 9.61. The lowest BCUT2D eigenvalue weighted by Crippen LogP contribution is -2.29. The van der Waals surface area contributed by atoms with Crippen LogP contribution in [0.4, 0.5) is 16.2 Å². The molecule has 2 aromatic carbocycles. The van der Waals surface area contributed by atoms with E-state index in [1.54, 1.807) is 30.5 Å². The lowest BCUT2D eigenvalue weighted by molar-refractivity contribution is 0.630. The van der Waals surface area contributed by atoms with Crippen LogP contribution in [0.5, 0.6) is 0 Å². The highest BCUT2D eigenvalue weighted by Gasteiger charge is 2.22. The number of hydrogen-bond donors (Lipinski definition) is 2. The fourth-order valence-corrected chi connectivity index (χ4v) is 3.38. The number of benzene rings is 2. The molecule has 0 radical (unpaired) electrons. The van der Waals surface area contributed by atoms with Gasteiger partial charge in [0.05, 0.1) is 17.2 Å². The number of hydrogen-bond acceptors (Lipinski definition) is 6. The van der Waals surface area contributed by atoms with Crippen LogP contribution in [0, 0.1) is 12.7 Å². The van der Waals surface area contributed by atoms with Crippen molar-refractivity contribution in [2.24, 2.45) is 0 Å². The largest absolute Gasteiger partial charge is 0.368 e. The van der Waals surface area contributed by atoms with Crippen LogP contribution in [-0.2, 0) is 0 Å². The van der Waals surface area contributed by atoms with Crippen LogP contribution in [-0.4, -0.2) is 19.5 Å². The normalized spacial score (nSPS) is 12.1. The van der Waals surface area contributed by atoms with Gasteiger partial charge in [-0.2, -0.15) is 4.98 Å². The summed E-state index contributed by atoms with van der Waals surface area (Å²) in [6.45, 7) is 3.83. The lowest BCUT2D eigenvalue weighted by atomic mass is 10.1. The summed E-state index contributed by atoms with van der Waals surface area (Å²) >= 11 is 0. The minimum Gasteiger partial charge on any atom is -0.368 e. The Balaban J connectivity index is 1.96. The van der Waals surface area contributed by atoms with Gasteiger partial charge in [-0.1, -0.05) is 31.2 Å². The fourth-order valence-electron chi connectivity index (χ4n) is 3.38. The number of aromatic nitrogens is 4. The first-order valence-corrected chi connectivity index (χ1v) is 9.61. The van der Waals surface area contributed by atoms with Crippen LogP contribution < -0.4 is 16.6 Å². The van der Waals surface area contributed by atoms with Gasteiger partial charge in [0.1, 0.15) is 22.8 Å². The smallest absolute Gasteiger partial charge is 0.269 e. The van der Waals surface area contributed by atoms with Crippen LogP contribution >= 0.6 is 0 Å². The predicted octanol–water partition coefficient (Wildman–Crippen LogP) is 3.77. The Morgan fingerprint density at radius 3 is 2.63 bits per heavy atom. The minimum atomic E-state index is -0.596. The van der Waals surface area contributed by atoms with Gasteiger partial charge in [0.2, 0.25) is 5.95 Å². The Bertz CT molecular complexity index is 1270. The quantitative estimate of drug-likeness (QED) is 0.525. The first kappa shape index (κ1) is 19.5. The maximum absolute atomic E-state index is 14.5. The molecular weight excluding hydrogens is 383 g/mol. The van der Waals surface area contributed by atoms with E-state index < -0.39 is 11.4 Å². The molecule has 7 nitrogen and oxygen atoms in total. The summed E-state index contributed by atoms with van der Waals surface area (Å²) in [5.41, 5.74) is 7.01. The third kappa shape index (κ3) is 3.47. The van der Waals surface area contributed by atoms with E-state index in [0.717, 1.165) is 5.56 Å². The van der Waals surface area contributed by atoms with Crippen molar-refractivity contribution in [3.05, 3.63) is 82.3 Å². The summed E-state index contributed by atoms with van der Waals surface area (Å²) < 4.78 is 16.0. The summed E-state index contributed by atoms with van der Waals surface area (Å²) in [5, 5.41) is 3.28. The summed E-state index contributed by atoms with van der Waals surface area (Å²) in [6, 6.07) is 13.2. The molecule has 0 aliphatic heterocycles. The van der Waals surface area contributed by atoms with E-state index in [9.17, 15) is 9.18 Å². The van der Waals surface area contributed by atoms with Crippen molar-refractivity contribution < 1.29 is 4.39 Å². The van der Waals surface area contributed by atoms with Gasteiger partial charge in [-0.05, 0) is 37.6 Å². The second-order valence-corrected chi connectivity index (χ2v) is 6.95. The molecule has 8 heteroatoms. The number of nitrogens with zero attached hydrogens (tertiary/aromatic N) is 4. The van der Waals surface area contributed by atoms with E-state index in [1.165, 1.54) is 10.6 Å². The average Bonchev–Trinajstić information content (AvgIpc) is 2.74. The van der Waals surface area contributed by atoms with E-state index in [-0.39, 0.29) is 17.4 Å². The highest BCUT2D eigenvalue weighted by molar-refractivity contribution is 5.78. The number of para-hydroxylation sites is 1. The van der Waals surface area contributed by atoms with Crippen molar-refractivity contribution in [3.8, 4) is 5.69 Å². The monoisotopic (exact) mass is 404 g/mol. The zero-order valence-corrected chi connectivity index (χ0v) is 16.6. The SMILES string of the molecule is CCC(Nc1nc(N)ncc1C)c1nc2cccc(F)c2c(=O)n1-c1ccccc1. The molecule has 0 aliphatic rings. The standard InChI is InChI=1S/C22H21FN6O/c1-3-16(26-19-13(2)12-25-22(24)28-19)20-27-17-11-7-10-15(23)18(17)21(30)29(20)14-8-5-4-6-9-14/h4-12,16H,3H2,1-2H3,(H3,24,25,26,28). The number of nitrogen functional groups attached to an aromatic ring is 1. The number of nitrogens with two attached hydrogens (primary N) is 1. The van der Waals surface area contributed by atoms with E-state index >= 15 is 0 Å². The molecule has 0 bridgehead atoms. The molecule has 3 N–H and O–H groups in total. The van der Waals surface area contributed by atoms with E-state index in [1.807, 2.05) is 32.0 Å². The maximum atomic E-state index is 14.5. The zero-order valence-electron chi connectivity index (χ0n) is 16.6. The second-order valence-electron chi connectivity index (χ2n) is 6.95. The van der Waals surface area contributed by atoms with Crippen LogP contribution in [0.15, 0.2) is 59.5 Å². The van der Waals surface area contributed by atoms with Crippen molar-refractivity contribution >= 4 is 22.7 Å². The molecule has 0 fully saturated rings. The van der Waals surface area contributed by atoms with Gasteiger partial charge in [0, 0.05) is 11.8 Å². The molecule has 4 aromatic rings. The number of anilines is 2. The Kier molecular flexibility index (Phi) is 5.14. The Hall–Kier alpha value is -3.81. The molecule has 1 unspecified atom stereocenters. The Morgan fingerprint density at radius 2 is 1.90 bits per heavy atom. The predicted molar refractivity (Wildman–Crippen MR) is 115 cm³/mol. The number of fused-ring (bicyclic) bond motifs is 1. The summed E-state index contributed by atoms with van der Waals surface area (Å²) in [4.78, 5) is 26.3. The van der Waals surface area contributed by atoms with Crippen molar-refractivity contribution in [2.45, 2.75) is 26.3 Å². The van der Waals surface area contributed by atoms with E-state index in [4.69, 9.17) is 5.73 Å². The summed E-state index contributed by atoms with van der Waals surface area (Å²) in [6.07, 6.45) is 2.23.